The Morgan fingerprint density at radius 2 is 1.94 bits per heavy atom. The van der Waals surface area contributed by atoms with E-state index in [4.69, 9.17) is 11.5 Å². The molecule has 1 aliphatic heterocycles. The van der Waals surface area contributed by atoms with Crippen LogP contribution in [-0.4, -0.2) is 40.3 Å². The van der Waals surface area contributed by atoms with Crippen molar-refractivity contribution in [1.82, 2.24) is 15.2 Å². The van der Waals surface area contributed by atoms with E-state index < -0.39 is 17.3 Å². The smallest absolute Gasteiger partial charge is 0.253 e. The first kappa shape index (κ1) is 24.0. The molecule has 3 aromatic rings. The van der Waals surface area contributed by atoms with Gasteiger partial charge in [-0.2, -0.15) is 5.26 Å². The standard InChI is InChI=1S/C26H28FN7O/c27-20-4-6-21(7-5-20)33-24(29)22(25(30)35)16-32-26(9-12-28)10-14-34(15-11-26)17-19-3-1-2-18-8-13-31-23(18)19/h1-8,13,16,31-32H,9-11,14-15,17H2,(H2,29,33)(H2,30,35)/b22-16+. The number of likely N-dealkylation sites (tertiary alicyclic amines) is 1. The molecule has 1 aromatic heterocycles. The van der Waals surface area contributed by atoms with E-state index in [1.165, 1.54) is 41.4 Å². The quantitative estimate of drug-likeness (QED) is 0.226. The Hall–Kier alpha value is -4.16. The lowest BCUT2D eigenvalue weighted by atomic mass is 9.84. The second kappa shape index (κ2) is 10.4. The monoisotopic (exact) mass is 473 g/mol. The number of carbonyl (C=O) groups excluding carboxylic acids is 1. The third-order valence-corrected chi connectivity index (χ3v) is 6.44. The lowest BCUT2D eigenvalue weighted by Gasteiger charge is -2.41. The maximum Gasteiger partial charge on any atom is 0.253 e. The third-order valence-electron chi connectivity index (χ3n) is 6.44. The van der Waals surface area contributed by atoms with Gasteiger partial charge in [0.2, 0.25) is 0 Å². The van der Waals surface area contributed by atoms with E-state index in [0.717, 1.165) is 25.2 Å². The number of benzene rings is 2. The summed E-state index contributed by atoms with van der Waals surface area (Å²) >= 11 is 0. The van der Waals surface area contributed by atoms with Crippen LogP contribution < -0.4 is 16.8 Å². The number of fused-ring (bicyclic) bond motifs is 1. The maximum absolute atomic E-state index is 13.1. The molecule has 0 saturated carbocycles. The molecule has 0 aliphatic carbocycles. The molecule has 180 valence electrons. The number of primary amides is 1. The molecular formula is C26H28FN7O. The highest BCUT2D eigenvalue weighted by Crippen LogP contribution is 2.28. The Kier molecular flexibility index (Phi) is 7.13. The first-order valence-corrected chi connectivity index (χ1v) is 11.4. The Morgan fingerprint density at radius 1 is 1.20 bits per heavy atom. The molecular weight excluding hydrogens is 445 g/mol. The summed E-state index contributed by atoms with van der Waals surface area (Å²) in [6.07, 6.45) is 5.08. The summed E-state index contributed by atoms with van der Waals surface area (Å²) in [7, 11) is 0. The average molecular weight is 474 g/mol. The number of rotatable bonds is 8. The number of hydrogen-bond acceptors (Lipinski definition) is 5. The lowest BCUT2D eigenvalue weighted by Crippen LogP contribution is -2.51. The molecule has 0 radical (unpaired) electrons. The van der Waals surface area contributed by atoms with E-state index >= 15 is 0 Å². The first-order valence-electron chi connectivity index (χ1n) is 11.4. The predicted octanol–water partition coefficient (Wildman–Crippen LogP) is 3.20. The number of nitrogens with one attached hydrogen (secondary N) is 2. The number of nitrogens with zero attached hydrogens (tertiary/aromatic N) is 3. The zero-order valence-electron chi connectivity index (χ0n) is 19.3. The van der Waals surface area contributed by atoms with Crippen molar-refractivity contribution >= 4 is 28.3 Å². The number of halogens is 1. The van der Waals surface area contributed by atoms with Gasteiger partial charge in [0.1, 0.15) is 11.7 Å². The number of nitriles is 1. The highest BCUT2D eigenvalue weighted by Gasteiger charge is 2.34. The topological polar surface area (TPSA) is 136 Å². The van der Waals surface area contributed by atoms with Crippen LogP contribution in [0.1, 0.15) is 24.8 Å². The van der Waals surface area contributed by atoms with Crippen molar-refractivity contribution < 1.29 is 9.18 Å². The molecule has 1 saturated heterocycles. The number of amides is 1. The molecule has 0 atom stereocenters. The van der Waals surface area contributed by atoms with Gasteiger partial charge in [-0.25, -0.2) is 9.38 Å². The minimum absolute atomic E-state index is 0.00694. The molecule has 9 heteroatoms. The van der Waals surface area contributed by atoms with Crippen LogP contribution in [0, 0.1) is 17.1 Å². The number of aromatic nitrogens is 1. The molecule has 2 heterocycles. The van der Waals surface area contributed by atoms with Crippen LogP contribution in [0.25, 0.3) is 10.9 Å². The normalized spacial score (nSPS) is 16.7. The second-order valence-electron chi connectivity index (χ2n) is 8.79. The van der Waals surface area contributed by atoms with Gasteiger partial charge in [0.25, 0.3) is 5.91 Å². The molecule has 1 amide bonds. The number of H-pyrrole nitrogens is 1. The summed E-state index contributed by atoms with van der Waals surface area (Å²) in [6, 6.07) is 16.0. The van der Waals surface area contributed by atoms with Gasteiger partial charge >= 0.3 is 0 Å². The van der Waals surface area contributed by atoms with Crippen LogP contribution in [0.15, 0.2) is 71.5 Å². The summed E-state index contributed by atoms with van der Waals surface area (Å²) < 4.78 is 13.1. The van der Waals surface area contributed by atoms with Crippen LogP contribution in [0.5, 0.6) is 0 Å². The molecule has 0 spiro atoms. The van der Waals surface area contributed by atoms with Crippen LogP contribution in [0.2, 0.25) is 0 Å². The van der Waals surface area contributed by atoms with E-state index in [0.29, 0.717) is 18.5 Å². The fourth-order valence-electron chi connectivity index (χ4n) is 4.40. The van der Waals surface area contributed by atoms with Gasteiger partial charge < -0.3 is 21.8 Å². The van der Waals surface area contributed by atoms with E-state index in [2.05, 4.69) is 50.5 Å². The Balaban J connectivity index is 1.46. The molecule has 0 bridgehead atoms. The highest BCUT2D eigenvalue weighted by molar-refractivity contribution is 6.20. The van der Waals surface area contributed by atoms with Gasteiger partial charge in [-0.05, 0) is 54.1 Å². The van der Waals surface area contributed by atoms with Crippen LogP contribution >= 0.6 is 0 Å². The van der Waals surface area contributed by atoms with Crippen molar-refractivity contribution in [2.24, 2.45) is 16.5 Å². The molecule has 35 heavy (non-hydrogen) atoms. The zero-order valence-corrected chi connectivity index (χ0v) is 19.3. The minimum atomic E-state index is -0.746. The third kappa shape index (κ3) is 5.67. The van der Waals surface area contributed by atoms with Gasteiger partial charge in [-0.15, -0.1) is 0 Å². The number of carbonyl (C=O) groups is 1. The Bertz CT molecular complexity index is 1300. The summed E-state index contributed by atoms with van der Waals surface area (Å²) in [5, 5.41) is 13.9. The van der Waals surface area contributed by atoms with E-state index in [9.17, 15) is 14.4 Å². The Labute approximate surface area is 203 Å². The molecule has 4 rings (SSSR count). The van der Waals surface area contributed by atoms with Crippen LogP contribution in [-0.2, 0) is 11.3 Å². The van der Waals surface area contributed by atoms with Gasteiger partial charge in [0.15, 0.2) is 0 Å². The minimum Gasteiger partial charge on any atom is -0.384 e. The summed E-state index contributed by atoms with van der Waals surface area (Å²) in [5.41, 5.74) is 13.8. The van der Waals surface area contributed by atoms with Crippen molar-refractivity contribution in [3.05, 3.63) is 77.9 Å². The second-order valence-corrected chi connectivity index (χ2v) is 8.79. The molecule has 0 unspecified atom stereocenters. The van der Waals surface area contributed by atoms with Crippen molar-refractivity contribution in [1.29, 1.82) is 5.26 Å². The summed E-state index contributed by atoms with van der Waals surface area (Å²) in [4.78, 5) is 21.9. The first-order chi connectivity index (χ1) is 16.9. The fourth-order valence-corrected chi connectivity index (χ4v) is 4.40. The van der Waals surface area contributed by atoms with Gasteiger partial charge in [-0.1, -0.05) is 18.2 Å². The largest absolute Gasteiger partial charge is 0.384 e. The predicted molar refractivity (Wildman–Crippen MR) is 134 cm³/mol. The average Bonchev–Trinajstić information content (AvgIpc) is 3.32. The lowest BCUT2D eigenvalue weighted by molar-refractivity contribution is -0.114. The highest BCUT2D eigenvalue weighted by atomic mass is 19.1. The van der Waals surface area contributed by atoms with Crippen LogP contribution in [0.3, 0.4) is 0 Å². The van der Waals surface area contributed by atoms with Gasteiger partial charge in [-0.3, -0.25) is 9.69 Å². The van der Waals surface area contributed by atoms with E-state index in [-0.39, 0.29) is 17.8 Å². The van der Waals surface area contributed by atoms with Crippen molar-refractivity contribution in [3.63, 3.8) is 0 Å². The number of hydrogen-bond donors (Lipinski definition) is 4. The number of para-hydroxylation sites is 1. The maximum atomic E-state index is 13.1. The molecule has 6 N–H and O–H groups in total. The Morgan fingerprint density at radius 3 is 2.63 bits per heavy atom. The summed E-state index contributed by atoms with van der Waals surface area (Å²) in [6.45, 7) is 2.37. The number of aliphatic imine (C=N–C) groups is 1. The van der Waals surface area contributed by atoms with Crippen molar-refractivity contribution in [2.75, 3.05) is 13.1 Å². The SMILES string of the molecule is N#CCC1(N/C=C(/C(N)=O)C(N)=Nc2ccc(F)cc2)CCN(Cc2cccc3cc[nH]c23)CC1. The molecule has 1 fully saturated rings. The van der Waals surface area contributed by atoms with Gasteiger partial charge in [0, 0.05) is 37.5 Å². The fraction of sp³-hybridized carbons (Fsp3) is 0.269. The molecule has 2 aromatic carbocycles. The number of piperidine rings is 1. The zero-order chi connectivity index (χ0) is 24.8. The van der Waals surface area contributed by atoms with E-state index in [1.54, 1.807) is 0 Å². The van der Waals surface area contributed by atoms with Crippen molar-refractivity contribution in [3.8, 4) is 6.07 Å². The summed E-state index contributed by atoms with van der Waals surface area (Å²) in [5.74, 6) is -1.23. The molecule has 8 nitrogen and oxygen atoms in total. The van der Waals surface area contributed by atoms with Gasteiger partial charge in [0.05, 0.1) is 29.3 Å². The number of amidine groups is 1. The van der Waals surface area contributed by atoms with Crippen molar-refractivity contribution in [2.45, 2.75) is 31.3 Å². The molecule has 1 aliphatic rings. The number of aromatic amines is 1. The van der Waals surface area contributed by atoms with Crippen LogP contribution in [0.4, 0.5) is 10.1 Å². The van der Waals surface area contributed by atoms with E-state index in [1.807, 2.05) is 6.20 Å². The number of nitrogens with two attached hydrogens (primary N) is 2.